The number of nitrogens with one attached hydrogen (secondary N) is 2. The fourth-order valence-electron chi connectivity index (χ4n) is 5.12. The van der Waals surface area contributed by atoms with E-state index >= 15 is 0 Å². The lowest BCUT2D eigenvalue weighted by Gasteiger charge is -2.43. The number of likely N-dealkylation sites (tertiary alicyclic amines) is 1. The molecule has 0 atom stereocenters. The molecule has 2 fully saturated rings. The van der Waals surface area contributed by atoms with Crippen molar-refractivity contribution in [2.24, 2.45) is 10.9 Å². The monoisotopic (exact) mass is 514 g/mol. The second-order valence-corrected chi connectivity index (χ2v) is 10.4. The molecule has 1 aliphatic heterocycles. The van der Waals surface area contributed by atoms with E-state index in [-0.39, 0.29) is 5.92 Å². The lowest BCUT2D eigenvalue weighted by molar-refractivity contribution is -0.00653. The number of piperidine rings is 1. The molecule has 37 heavy (non-hydrogen) atoms. The first-order chi connectivity index (χ1) is 17.9. The van der Waals surface area contributed by atoms with Crippen LogP contribution in [0.2, 0.25) is 0 Å². The maximum absolute atomic E-state index is 12.2. The molecule has 5 rings (SSSR count). The van der Waals surface area contributed by atoms with Gasteiger partial charge in [0.1, 0.15) is 5.60 Å². The van der Waals surface area contributed by atoms with E-state index in [0.717, 1.165) is 61.3 Å². The van der Waals surface area contributed by atoms with Gasteiger partial charge in [0.05, 0.1) is 0 Å². The smallest absolute Gasteiger partial charge is 0.229 e. The van der Waals surface area contributed by atoms with Gasteiger partial charge in [0.2, 0.25) is 11.9 Å². The molecule has 8 heteroatoms. The molecular weight excluding hydrogens is 480 g/mol. The van der Waals surface area contributed by atoms with Gasteiger partial charge in [0.25, 0.3) is 0 Å². The van der Waals surface area contributed by atoms with E-state index in [2.05, 4.69) is 25.5 Å². The third-order valence-electron chi connectivity index (χ3n) is 7.13. The van der Waals surface area contributed by atoms with Crippen LogP contribution < -0.4 is 10.6 Å². The first-order valence-electron chi connectivity index (χ1n) is 13.0. The van der Waals surface area contributed by atoms with Crippen LogP contribution in [0, 0.1) is 19.8 Å². The van der Waals surface area contributed by atoms with Crippen molar-refractivity contribution >= 4 is 29.2 Å². The summed E-state index contributed by atoms with van der Waals surface area (Å²) in [5.41, 5.74) is 2.55. The standard InChI is InChI=1S/C29H34N6OS/c1-20-19-21(2)31-26(30-20)33-27(34-28(37)32-25-13-14-25)35-17-15-24(16-18-35)29(36,22-9-5-3-6-10-22)23-11-7-4-8-12-23/h3-12,19,24-25,36H,13-18H2,1-2H3,(H2,30,31,32,33,34,37). The lowest BCUT2D eigenvalue weighted by atomic mass is 9.72. The van der Waals surface area contributed by atoms with Crippen LogP contribution in [0.3, 0.4) is 0 Å². The van der Waals surface area contributed by atoms with Crippen molar-refractivity contribution in [3.8, 4) is 0 Å². The highest BCUT2D eigenvalue weighted by molar-refractivity contribution is 7.80. The zero-order chi connectivity index (χ0) is 25.8. The van der Waals surface area contributed by atoms with Crippen molar-refractivity contribution < 1.29 is 5.11 Å². The van der Waals surface area contributed by atoms with Gasteiger partial charge in [0.15, 0.2) is 5.11 Å². The van der Waals surface area contributed by atoms with E-state index in [1.807, 2.05) is 80.6 Å². The molecule has 0 bridgehead atoms. The summed E-state index contributed by atoms with van der Waals surface area (Å²) >= 11 is 5.55. The highest BCUT2D eigenvalue weighted by Gasteiger charge is 2.42. The van der Waals surface area contributed by atoms with Crippen LogP contribution in [0.1, 0.15) is 48.2 Å². The highest BCUT2D eigenvalue weighted by Crippen LogP contribution is 2.42. The van der Waals surface area contributed by atoms with E-state index < -0.39 is 5.60 Å². The summed E-state index contributed by atoms with van der Waals surface area (Å²) in [7, 11) is 0. The number of benzene rings is 2. The minimum atomic E-state index is -1.07. The SMILES string of the molecule is Cc1cc(C)nc(N/C(=N/C(=S)NC2CC2)N2CCC(C(O)(c3ccccc3)c3ccccc3)CC2)n1. The zero-order valence-corrected chi connectivity index (χ0v) is 22.2. The van der Waals surface area contributed by atoms with E-state index in [9.17, 15) is 5.11 Å². The normalized spacial score (nSPS) is 16.9. The summed E-state index contributed by atoms with van der Waals surface area (Å²) in [4.78, 5) is 16.0. The minimum absolute atomic E-state index is 0.0452. The Morgan fingerprint density at radius 2 is 1.46 bits per heavy atom. The van der Waals surface area contributed by atoms with E-state index in [1.54, 1.807) is 0 Å². The molecular formula is C29H34N6OS. The average Bonchev–Trinajstić information content (AvgIpc) is 3.72. The third kappa shape index (κ3) is 5.97. The molecule has 1 aromatic heterocycles. The van der Waals surface area contributed by atoms with Crippen LogP contribution in [0.15, 0.2) is 71.7 Å². The Hall–Kier alpha value is -3.36. The maximum Gasteiger partial charge on any atom is 0.229 e. The van der Waals surface area contributed by atoms with Crippen molar-refractivity contribution in [2.75, 3.05) is 18.4 Å². The molecule has 7 nitrogen and oxygen atoms in total. The Kier molecular flexibility index (Phi) is 7.48. The second-order valence-electron chi connectivity index (χ2n) is 10.0. The highest BCUT2D eigenvalue weighted by atomic mass is 32.1. The van der Waals surface area contributed by atoms with Crippen LogP contribution >= 0.6 is 12.2 Å². The van der Waals surface area contributed by atoms with Crippen LogP contribution in [-0.4, -0.2) is 50.2 Å². The van der Waals surface area contributed by atoms with Gasteiger partial charge in [0, 0.05) is 30.5 Å². The van der Waals surface area contributed by atoms with Gasteiger partial charge in [-0.05, 0) is 74.9 Å². The number of aryl methyl sites for hydroxylation is 2. The van der Waals surface area contributed by atoms with E-state index in [4.69, 9.17) is 17.2 Å². The van der Waals surface area contributed by atoms with Gasteiger partial charge in [-0.15, -0.1) is 0 Å². The first kappa shape index (κ1) is 25.3. The van der Waals surface area contributed by atoms with Crippen molar-refractivity contribution in [1.82, 2.24) is 20.2 Å². The van der Waals surface area contributed by atoms with E-state index in [1.165, 1.54) is 0 Å². The fraction of sp³-hybridized carbons (Fsp3) is 0.379. The molecule has 1 aliphatic carbocycles. The summed E-state index contributed by atoms with van der Waals surface area (Å²) < 4.78 is 0. The Balaban J connectivity index is 1.38. The molecule has 2 heterocycles. The first-order valence-corrected chi connectivity index (χ1v) is 13.4. The number of guanidine groups is 1. The maximum atomic E-state index is 12.2. The molecule has 1 saturated heterocycles. The van der Waals surface area contributed by atoms with Crippen LogP contribution in [0.4, 0.5) is 5.95 Å². The summed E-state index contributed by atoms with van der Waals surface area (Å²) in [5, 5.41) is 19.3. The number of hydrogen-bond donors (Lipinski definition) is 3. The van der Waals surface area contributed by atoms with Crippen LogP contribution in [-0.2, 0) is 5.60 Å². The number of thiocarbonyl (C=S) groups is 1. The molecule has 192 valence electrons. The Bertz CT molecular complexity index is 1190. The summed E-state index contributed by atoms with van der Waals surface area (Å²) in [5.74, 6) is 1.20. The molecule has 2 aromatic carbocycles. The van der Waals surface area contributed by atoms with Crippen molar-refractivity contribution in [1.29, 1.82) is 0 Å². The summed E-state index contributed by atoms with van der Waals surface area (Å²) in [6, 6.07) is 22.4. The Labute approximate surface area is 224 Å². The lowest BCUT2D eigenvalue weighted by Crippen LogP contribution is -2.48. The molecule has 3 aromatic rings. The van der Waals surface area contributed by atoms with Crippen molar-refractivity contribution in [3.05, 3.63) is 89.2 Å². The summed E-state index contributed by atoms with van der Waals surface area (Å²) in [6.45, 7) is 5.34. The number of aliphatic imine (C=N–C) groups is 1. The summed E-state index contributed by atoms with van der Waals surface area (Å²) in [6.07, 6.45) is 3.83. The number of rotatable bonds is 5. The van der Waals surface area contributed by atoms with E-state index in [0.29, 0.717) is 23.1 Å². The third-order valence-corrected chi connectivity index (χ3v) is 7.34. The van der Waals surface area contributed by atoms with Crippen molar-refractivity contribution in [2.45, 2.75) is 51.2 Å². The van der Waals surface area contributed by atoms with Gasteiger partial charge in [-0.2, -0.15) is 4.99 Å². The van der Waals surface area contributed by atoms with Gasteiger partial charge < -0.3 is 15.3 Å². The van der Waals surface area contributed by atoms with Crippen LogP contribution in [0.5, 0.6) is 0 Å². The minimum Gasteiger partial charge on any atom is -0.380 e. The molecule has 3 N–H and O–H groups in total. The largest absolute Gasteiger partial charge is 0.380 e. The number of hydrogen-bond acceptors (Lipinski definition) is 4. The number of aliphatic hydroxyl groups is 1. The fourth-order valence-corrected chi connectivity index (χ4v) is 5.38. The average molecular weight is 515 g/mol. The predicted octanol–water partition coefficient (Wildman–Crippen LogP) is 4.55. The number of anilines is 1. The molecule has 0 unspecified atom stereocenters. The Morgan fingerprint density at radius 3 is 1.97 bits per heavy atom. The molecule has 1 saturated carbocycles. The van der Waals surface area contributed by atoms with Crippen molar-refractivity contribution in [3.63, 3.8) is 0 Å². The molecule has 0 amide bonds. The second kappa shape index (κ2) is 10.9. The number of nitrogens with zero attached hydrogens (tertiary/aromatic N) is 4. The van der Waals surface area contributed by atoms with Gasteiger partial charge in [-0.1, -0.05) is 60.7 Å². The van der Waals surface area contributed by atoms with Gasteiger partial charge in [-0.25, -0.2) is 9.97 Å². The van der Waals surface area contributed by atoms with Gasteiger partial charge >= 0.3 is 0 Å². The molecule has 0 spiro atoms. The predicted molar refractivity (Wildman–Crippen MR) is 151 cm³/mol. The quantitative estimate of drug-likeness (QED) is 0.262. The Morgan fingerprint density at radius 1 is 0.919 bits per heavy atom. The number of aromatic nitrogens is 2. The zero-order valence-electron chi connectivity index (χ0n) is 21.4. The van der Waals surface area contributed by atoms with Crippen LogP contribution in [0.25, 0.3) is 0 Å². The molecule has 2 aliphatic rings. The molecule has 0 radical (unpaired) electrons. The topological polar surface area (TPSA) is 85.7 Å². The van der Waals surface area contributed by atoms with Gasteiger partial charge in [-0.3, -0.25) is 5.32 Å².